The Kier molecular flexibility index (Phi) is 1.94. The lowest BCUT2D eigenvalue weighted by atomic mass is 10.1. The number of esters is 1. The predicted molar refractivity (Wildman–Crippen MR) is 34.5 cm³/mol. The summed E-state index contributed by atoms with van der Waals surface area (Å²) in [5.41, 5.74) is 0. The van der Waals surface area contributed by atoms with Gasteiger partial charge in [0, 0.05) is 6.42 Å². The molecule has 0 radical (unpaired) electrons. The van der Waals surface area contributed by atoms with Crippen LogP contribution in [0.1, 0.15) is 13.3 Å². The van der Waals surface area contributed by atoms with Gasteiger partial charge in [-0.2, -0.15) is 0 Å². The minimum atomic E-state index is -0.704. The van der Waals surface area contributed by atoms with Gasteiger partial charge < -0.3 is 4.74 Å². The summed E-state index contributed by atoms with van der Waals surface area (Å²) < 4.78 is 4.61. The molecule has 2 atom stereocenters. The van der Waals surface area contributed by atoms with Crippen LogP contribution in [0.25, 0.3) is 0 Å². The summed E-state index contributed by atoms with van der Waals surface area (Å²) in [6, 6.07) is 0. The van der Waals surface area contributed by atoms with E-state index in [2.05, 4.69) is 4.74 Å². The standard InChI is InChI=1S/C6H7ClO3/c1-3-2-4(5(7)8)10-6(3)9/h3-4H,2H2,1H3/t3-,4+/m1/s1. The Bertz CT molecular complexity index is 178. The normalized spacial score (nSPS) is 32.0. The maximum Gasteiger partial charge on any atom is 0.309 e. The highest BCUT2D eigenvalue weighted by molar-refractivity contribution is 6.64. The molecule has 0 aromatic heterocycles. The Labute approximate surface area is 63.3 Å². The molecular weight excluding hydrogens is 156 g/mol. The Morgan fingerprint density at radius 2 is 2.40 bits per heavy atom. The van der Waals surface area contributed by atoms with Crippen molar-refractivity contribution in [3.05, 3.63) is 0 Å². The molecule has 0 amide bonds. The van der Waals surface area contributed by atoms with Crippen LogP contribution in [0.15, 0.2) is 0 Å². The van der Waals surface area contributed by atoms with Crippen LogP contribution in [-0.4, -0.2) is 17.3 Å². The van der Waals surface area contributed by atoms with Gasteiger partial charge in [0.25, 0.3) is 5.24 Å². The third-order valence-corrected chi connectivity index (χ3v) is 1.72. The molecule has 10 heavy (non-hydrogen) atoms. The van der Waals surface area contributed by atoms with E-state index in [9.17, 15) is 9.59 Å². The van der Waals surface area contributed by atoms with Crippen molar-refractivity contribution < 1.29 is 14.3 Å². The summed E-state index contributed by atoms with van der Waals surface area (Å²) in [4.78, 5) is 21.1. The summed E-state index contributed by atoms with van der Waals surface area (Å²) in [6.07, 6.45) is -0.287. The highest BCUT2D eigenvalue weighted by atomic mass is 35.5. The van der Waals surface area contributed by atoms with Crippen molar-refractivity contribution in [3.8, 4) is 0 Å². The third kappa shape index (κ3) is 1.29. The van der Waals surface area contributed by atoms with Gasteiger partial charge in [-0.25, -0.2) is 0 Å². The van der Waals surface area contributed by atoms with E-state index in [1.54, 1.807) is 6.92 Å². The first-order valence-electron chi connectivity index (χ1n) is 3.01. The molecule has 1 heterocycles. The van der Waals surface area contributed by atoms with E-state index in [4.69, 9.17) is 11.6 Å². The number of hydrogen-bond acceptors (Lipinski definition) is 3. The summed E-state index contributed by atoms with van der Waals surface area (Å²) in [5, 5.41) is -0.585. The van der Waals surface area contributed by atoms with Crippen molar-refractivity contribution in [2.75, 3.05) is 0 Å². The molecular formula is C6H7ClO3. The molecule has 1 aliphatic rings. The lowest BCUT2D eigenvalue weighted by molar-refractivity contribution is -0.146. The first-order valence-corrected chi connectivity index (χ1v) is 3.39. The zero-order valence-electron chi connectivity index (χ0n) is 5.46. The number of hydrogen-bond donors (Lipinski definition) is 0. The molecule has 1 aliphatic heterocycles. The van der Waals surface area contributed by atoms with E-state index in [-0.39, 0.29) is 11.9 Å². The first kappa shape index (κ1) is 7.54. The topological polar surface area (TPSA) is 43.4 Å². The van der Waals surface area contributed by atoms with Crippen LogP contribution in [-0.2, 0) is 14.3 Å². The minimum Gasteiger partial charge on any atom is -0.453 e. The molecule has 0 aromatic carbocycles. The van der Waals surface area contributed by atoms with Crippen LogP contribution in [0.4, 0.5) is 0 Å². The fraction of sp³-hybridized carbons (Fsp3) is 0.667. The lowest BCUT2D eigenvalue weighted by Gasteiger charge is -1.99. The van der Waals surface area contributed by atoms with Gasteiger partial charge in [-0.1, -0.05) is 6.92 Å². The summed E-state index contributed by atoms with van der Waals surface area (Å²) >= 11 is 5.10. The maximum absolute atomic E-state index is 10.7. The SMILES string of the molecule is C[C@@H]1C[C@@H](C(=O)Cl)OC1=O. The molecule has 0 bridgehead atoms. The average Bonchev–Trinajstić information content (AvgIpc) is 2.13. The number of rotatable bonds is 1. The van der Waals surface area contributed by atoms with Crippen LogP contribution in [0, 0.1) is 5.92 Å². The molecule has 0 unspecified atom stereocenters. The molecule has 56 valence electrons. The Hall–Kier alpha value is -0.570. The van der Waals surface area contributed by atoms with Gasteiger partial charge in [0.1, 0.15) is 0 Å². The van der Waals surface area contributed by atoms with E-state index >= 15 is 0 Å². The van der Waals surface area contributed by atoms with Crippen LogP contribution < -0.4 is 0 Å². The zero-order chi connectivity index (χ0) is 7.72. The second-order valence-corrected chi connectivity index (χ2v) is 2.74. The number of carbonyl (C=O) groups is 2. The van der Waals surface area contributed by atoms with Crippen molar-refractivity contribution in [1.82, 2.24) is 0 Å². The molecule has 0 aromatic rings. The van der Waals surface area contributed by atoms with Crippen molar-refractivity contribution >= 4 is 22.8 Å². The smallest absolute Gasteiger partial charge is 0.309 e. The van der Waals surface area contributed by atoms with E-state index in [1.807, 2.05) is 0 Å². The Morgan fingerprint density at radius 3 is 2.60 bits per heavy atom. The third-order valence-electron chi connectivity index (χ3n) is 1.48. The van der Waals surface area contributed by atoms with Gasteiger partial charge in [-0.15, -0.1) is 0 Å². The lowest BCUT2D eigenvalue weighted by Crippen LogP contribution is -2.13. The first-order chi connectivity index (χ1) is 4.61. The summed E-state index contributed by atoms with van der Waals surface area (Å²) in [6.45, 7) is 1.71. The van der Waals surface area contributed by atoms with Gasteiger partial charge in [-0.3, -0.25) is 9.59 Å². The fourth-order valence-corrected chi connectivity index (χ4v) is 0.994. The Balaban J connectivity index is 2.57. The van der Waals surface area contributed by atoms with Crippen LogP contribution in [0.3, 0.4) is 0 Å². The number of carbonyl (C=O) groups excluding carboxylic acids is 2. The highest BCUT2D eigenvalue weighted by Gasteiger charge is 2.34. The van der Waals surface area contributed by atoms with Crippen molar-refractivity contribution in [2.24, 2.45) is 5.92 Å². The maximum atomic E-state index is 10.7. The van der Waals surface area contributed by atoms with Gasteiger partial charge in [-0.05, 0) is 11.6 Å². The molecule has 0 aliphatic carbocycles. The molecule has 1 rings (SSSR count). The molecule has 0 saturated carbocycles. The van der Waals surface area contributed by atoms with Crippen LogP contribution in [0.5, 0.6) is 0 Å². The fourth-order valence-electron chi connectivity index (χ4n) is 0.861. The van der Waals surface area contributed by atoms with Crippen LogP contribution >= 0.6 is 11.6 Å². The van der Waals surface area contributed by atoms with E-state index in [0.29, 0.717) is 6.42 Å². The van der Waals surface area contributed by atoms with Gasteiger partial charge in [0.15, 0.2) is 6.10 Å². The van der Waals surface area contributed by atoms with Gasteiger partial charge in [0.05, 0.1) is 5.92 Å². The highest BCUT2D eigenvalue weighted by Crippen LogP contribution is 2.21. The van der Waals surface area contributed by atoms with Gasteiger partial charge in [0.2, 0.25) is 0 Å². The average molecular weight is 163 g/mol. The predicted octanol–water partition coefficient (Wildman–Crippen LogP) is 0.703. The van der Waals surface area contributed by atoms with E-state index in [0.717, 1.165) is 0 Å². The largest absolute Gasteiger partial charge is 0.453 e. The monoisotopic (exact) mass is 162 g/mol. The number of cyclic esters (lactones) is 1. The second-order valence-electron chi connectivity index (χ2n) is 2.37. The summed E-state index contributed by atoms with van der Waals surface area (Å²) in [7, 11) is 0. The molecule has 0 spiro atoms. The second kappa shape index (κ2) is 2.58. The van der Waals surface area contributed by atoms with Crippen molar-refractivity contribution in [2.45, 2.75) is 19.4 Å². The molecule has 4 heteroatoms. The van der Waals surface area contributed by atoms with Crippen LogP contribution in [0.2, 0.25) is 0 Å². The van der Waals surface area contributed by atoms with E-state index in [1.165, 1.54) is 0 Å². The van der Waals surface area contributed by atoms with Crippen molar-refractivity contribution in [3.63, 3.8) is 0 Å². The minimum absolute atomic E-state index is 0.187. The van der Waals surface area contributed by atoms with Gasteiger partial charge >= 0.3 is 5.97 Å². The summed E-state index contributed by atoms with van der Waals surface area (Å²) in [5.74, 6) is -0.522. The number of ether oxygens (including phenoxy) is 1. The number of halogens is 1. The zero-order valence-corrected chi connectivity index (χ0v) is 6.22. The Morgan fingerprint density at radius 1 is 1.80 bits per heavy atom. The molecule has 1 saturated heterocycles. The molecule has 1 fully saturated rings. The quantitative estimate of drug-likeness (QED) is 0.421. The van der Waals surface area contributed by atoms with Crippen molar-refractivity contribution in [1.29, 1.82) is 0 Å². The molecule has 3 nitrogen and oxygen atoms in total. The molecule has 0 N–H and O–H groups in total. The van der Waals surface area contributed by atoms with E-state index < -0.39 is 11.3 Å².